The summed E-state index contributed by atoms with van der Waals surface area (Å²) in [5.41, 5.74) is 0.870. The molecule has 1 aliphatic rings. The molecule has 1 aromatic rings. The smallest absolute Gasteiger partial charge is 0.296 e. The van der Waals surface area contributed by atoms with Crippen molar-refractivity contribution in [2.45, 2.75) is 12.8 Å². The highest BCUT2D eigenvalue weighted by atomic mass is 16.1. The molecule has 2 N–H and O–H groups in total. The van der Waals surface area contributed by atoms with Crippen molar-refractivity contribution < 1.29 is 4.79 Å². The first-order valence-electron chi connectivity index (χ1n) is 6.40. The van der Waals surface area contributed by atoms with Gasteiger partial charge in [0.05, 0.1) is 0 Å². The van der Waals surface area contributed by atoms with E-state index in [1.807, 2.05) is 30.3 Å². The lowest BCUT2D eigenvalue weighted by molar-refractivity contribution is -0.115. The third-order valence-electron chi connectivity index (χ3n) is 3.10. The number of benzene rings is 1. The highest BCUT2D eigenvalue weighted by molar-refractivity contribution is 5.94. The van der Waals surface area contributed by atoms with Crippen LogP contribution in [0.5, 0.6) is 0 Å². The van der Waals surface area contributed by atoms with Crippen molar-refractivity contribution in [2.24, 2.45) is 5.92 Å². The van der Waals surface area contributed by atoms with Gasteiger partial charge in [-0.15, -0.1) is 0 Å². The molecule has 18 heavy (non-hydrogen) atoms. The van der Waals surface area contributed by atoms with Crippen LogP contribution < -0.4 is 10.6 Å². The van der Waals surface area contributed by atoms with E-state index in [4.69, 9.17) is 0 Å². The molecule has 1 heterocycles. The summed E-state index contributed by atoms with van der Waals surface area (Å²) in [6, 6.07) is 9.55. The van der Waals surface area contributed by atoms with E-state index < -0.39 is 0 Å². The van der Waals surface area contributed by atoms with Gasteiger partial charge in [-0.2, -0.15) is 0 Å². The first-order chi connectivity index (χ1) is 8.84. The van der Waals surface area contributed by atoms with Crippen LogP contribution >= 0.6 is 0 Å². The summed E-state index contributed by atoms with van der Waals surface area (Å²) in [4.78, 5) is 11.6. The van der Waals surface area contributed by atoms with Crippen molar-refractivity contribution >= 4 is 5.91 Å². The molecule has 3 heteroatoms. The molecule has 1 amide bonds. The predicted molar refractivity (Wildman–Crippen MR) is 71.9 cm³/mol. The largest absolute Gasteiger partial charge is 0.345 e. The molecule has 0 aliphatic carbocycles. The number of hydrogen-bond acceptors (Lipinski definition) is 2. The number of carbonyl (C=O) groups is 1. The van der Waals surface area contributed by atoms with Crippen molar-refractivity contribution in [3.63, 3.8) is 0 Å². The van der Waals surface area contributed by atoms with Gasteiger partial charge in [-0.1, -0.05) is 24.1 Å². The lowest BCUT2D eigenvalue weighted by Crippen LogP contribution is -2.35. The maximum atomic E-state index is 11.6. The first-order valence-corrected chi connectivity index (χ1v) is 6.40. The number of hydrogen-bond donors (Lipinski definition) is 2. The van der Waals surface area contributed by atoms with Gasteiger partial charge in [0.1, 0.15) is 0 Å². The Labute approximate surface area is 108 Å². The summed E-state index contributed by atoms with van der Waals surface area (Å²) < 4.78 is 0. The maximum Gasteiger partial charge on any atom is 0.296 e. The van der Waals surface area contributed by atoms with Gasteiger partial charge in [-0.05, 0) is 44.0 Å². The van der Waals surface area contributed by atoms with Crippen LogP contribution in [0.1, 0.15) is 18.4 Å². The fraction of sp³-hybridized carbons (Fsp3) is 0.400. The van der Waals surface area contributed by atoms with Crippen LogP contribution in [0.3, 0.4) is 0 Å². The fourth-order valence-electron chi connectivity index (χ4n) is 2.02. The van der Waals surface area contributed by atoms with Crippen molar-refractivity contribution in [1.29, 1.82) is 0 Å². The molecule has 3 nitrogen and oxygen atoms in total. The normalized spacial score (nSPS) is 15.6. The Morgan fingerprint density at radius 3 is 2.72 bits per heavy atom. The van der Waals surface area contributed by atoms with E-state index >= 15 is 0 Å². The van der Waals surface area contributed by atoms with Gasteiger partial charge in [0, 0.05) is 18.0 Å². The number of carbonyl (C=O) groups excluding carboxylic acids is 1. The highest BCUT2D eigenvalue weighted by Crippen LogP contribution is 2.09. The highest BCUT2D eigenvalue weighted by Gasteiger charge is 2.12. The number of amides is 1. The van der Waals surface area contributed by atoms with Gasteiger partial charge in [0.2, 0.25) is 0 Å². The third kappa shape index (κ3) is 4.23. The predicted octanol–water partition coefficient (Wildman–Crippen LogP) is 1.15. The average molecular weight is 242 g/mol. The van der Waals surface area contributed by atoms with Crippen LogP contribution in [0.2, 0.25) is 0 Å². The topological polar surface area (TPSA) is 41.1 Å². The van der Waals surface area contributed by atoms with E-state index in [2.05, 4.69) is 22.5 Å². The molecule has 0 spiro atoms. The monoisotopic (exact) mass is 242 g/mol. The lowest BCUT2D eigenvalue weighted by atomic mass is 9.98. The van der Waals surface area contributed by atoms with Crippen LogP contribution in [0.4, 0.5) is 0 Å². The van der Waals surface area contributed by atoms with Gasteiger partial charge >= 0.3 is 0 Å². The zero-order chi connectivity index (χ0) is 12.6. The van der Waals surface area contributed by atoms with Gasteiger partial charge in [-0.25, -0.2) is 0 Å². The second-order valence-corrected chi connectivity index (χ2v) is 4.52. The van der Waals surface area contributed by atoms with Gasteiger partial charge < -0.3 is 10.6 Å². The van der Waals surface area contributed by atoms with E-state index in [0.29, 0.717) is 5.92 Å². The van der Waals surface area contributed by atoms with Crippen molar-refractivity contribution in [3.05, 3.63) is 35.9 Å². The number of nitrogens with one attached hydrogen (secondary N) is 2. The number of piperidine rings is 1. The molecule has 0 aromatic heterocycles. The molecule has 0 unspecified atom stereocenters. The van der Waals surface area contributed by atoms with Gasteiger partial charge in [-0.3, -0.25) is 4.79 Å². The zero-order valence-corrected chi connectivity index (χ0v) is 10.4. The quantitative estimate of drug-likeness (QED) is 0.764. The van der Waals surface area contributed by atoms with Gasteiger partial charge in [0.25, 0.3) is 5.91 Å². The molecule has 0 saturated carbocycles. The molecule has 0 bridgehead atoms. The molecule has 0 atom stereocenters. The molecule has 0 radical (unpaired) electrons. The Morgan fingerprint density at radius 1 is 1.28 bits per heavy atom. The molecule has 1 aromatic carbocycles. The standard InChI is InChI=1S/C15H18N2O/c18-15(7-6-13-4-2-1-3-5-13)17-12-14-8-10-16-11-9-14/h1-5,14,16H,8-12H2,(H,17,18). The maximum absolute atomic E-state index is 11.6. The van der Waals surface area contributed by atoms with Crippen LogP contribution in [0.15, 0.2) is 30.3 Å². The Hall–Kier alpha value is -1.79. The summed E-state index contributed by atoms with van der Waals surface area (Å²) >= 11 is 0. The van der Waals surface area contributed by atoms with Crippen molar-refractivity contribution in [1.82, 2.24) is 10.6 Å². The number of rotatable bonds is 2. The minimum absolute atomic E-state index is 0.183. The molecular weight excluding hydrogens is 224 g/mol. The minimum atomic E-state index is -0.183. The summed E-state index contributed by atoms with van der Waals surface area (Å²) in [6.45, 7) is 2.84. The van der Waals surface area contributed by atoms with E-state index in [0.717, 1.165) is 38.0 Å². The van der Waals surface area contributed by atoms with E-state index in [1.54, 1.807) is 0 Å². The van der Waals surface area contributed by atoms with E-state index in [1.165, 1.54) is 0 Å². The zero-order valence-electron chi connectivity index (χ0n) is 10.4. The van der Waals surface area contributed by atoms with E-state index in [-0.39, 0.29) is 5.91 Å². The molecule has 1 saturated heterocycles. The Balaban J connectivity index is 1.77. The van der Waals surface area contributed by atoms with Crippen LogP contribution in [-0.4, -0.2) is 25.5 Å². The van der Waals surface area contributed by atoms with Gasteiger partial charge in [0.15, 0.2) is 0 Å². The third-order valence-corrected chi connectivity index (χ3v) is 3.10. The van der Waals surface area contributed by atoms with Crippen LogP contribution in [0, 0.1) is 17.8 Å². The van der Waals surface area contributed by atoms with Crippen LogP contribution in [-0.2, 0) is 4.79 Å². The average Bonchev–Trinajstić information content (AvgIpc) is 2.45. The molecule has 1 aliphatic heterocycles. The summed E-state index contributed by atoms with van der Waals surface area (Å²) in [7, 11) is 0. The Bertz CT molecular complexity index is 439. The summed E-state index contributed by atoms with van der Waals surface area (Å²) in [5.74, 6) is 5.89. The second-order valence-electron chi connectivity index (χ2n) is 4.52. The van der Waals surface area contributed by atoms with Crippen LogP contribution in [0.25, 0.3) is 0 Å². The minimum Gasteiger partial charge on any atom is -0.345 e. The lowest BCUT2D eigenvalue weighted by Gasteiger charge is -2.22. The van der Waals surface area contributed by atoms with Crippen molar-refractivity contribution in [2.75, 3.05) is 19.6 Å². The second kappa shape index (κ2) is 6.83. The Morgan fingerprint density at radius 2 is 2.00 bits per heavy atom. The summed E-state index contributed by atoms with van der Waals surface area (Å²) in [6.07, 6.45) is 2.26. The SMILES string of the molecule is O=C(C#Cc1ccccc1)NCC1CCNCC1. The molecular formula is C15H18N2O. The Kier molecular flexibility index (Phi) is 4.80. The first kappa shape index (κ1) is 12.7. The fourth-order valence-corrected chi connectivity index (χ4v) is 2.02. The molecule has 94 valence electrons. The van der Waals surface area contributed by atoms with Crippen molar-refractivity contribution in [3.8, 4) is 11.8 Å². The molecule has 2 rings (SSSR count). The summed E-state index contributed by atoms with van der Waals surface area (Å²) in [5, 5.41) is 6.19. The molecule has 1 fully saturated rings. The van der Waals surface area contributed by atoms with E-state index in [9.17, 15) is 4.79 Å².